The zero-order chi connectivity index (χ0) is 14.9. The summed E-state index contributed by atoms with van der Waals surface area (Å²) < 4.78 is 5.70. The van der Waals surface area contributed by atoms with E-state index in [1.165, 1.54) is 0 Å². The van der Waals surface area contributed by atoms with Gasteiger partial charge in [-0.3, -0.25) is 4.79 Å². The number of H-pyrrole nitrogens is 1. The average Bonchev–Trinajstić information content (AvgIpc) is 3.03. The lowest BCUT2D eigenvalue weighted by Crippen LogP contribution is -2.38. The van der Waals surface area contributed by atoms with E-state index in [1.807, 2.05) is 37.3 Å². The Hall–Kier alpha value is -2.30. The van der Waals surface area contributed by atoms with Crippen molar-refractivity contribution in [2.75, 3.05) is 6.54 Å². The molecule has 0 aliphatic carbocycles. The van der Waals surface area contributed by atoms with Gasteiger partial charge in [0.15, 0.2) is 6.10 Å². The Kier molecular flexibility index (Phi) is 5.82. The molecule has 2 N–H and O–H groups in total. The topological polar surface area (TPSA) is 67.0 Å². The minimum absolute atomic E-state index is 0.0687. The van der Waals surface area contributed by atoms with Crippen LogP contribution in [0, 0.1) is 0 Å². The van der Waals surface area contributed by atoms with Crippen molar-refractivity contribution < 1.29 is 9.53 Å². The van der Waals surface area contributed by atoms with Crippen LogP contribution in [0.5, 0.6) is 5.75 Å². The first-order valence-electron chi connectivity index (χ1n) is 7.27. The maximum absolute atomic E-state index is 12.1. The van der Waals surface area contributed by atoms with Gasteiger partial charge in [0.2, 0.25) is 0 Å². The largest absolute Gasteiger partial charge is 0.481 e. The zero-order valence-corrected chi connectivity index (χ0v) is 12.2. The molecule has 1 aromatic carbocycles. The predicted octanol–water partition coefficient (Wildman–Crippen LogP) is 2.32. The molecule has 1 heterocycles. The second-order valence-electron chi connectivity index (χ2n) is 4.76. The number of hydrogen-bond donors (Lipinski definition) is 2. The van der Waals surface area contributed by atoms with Crippen LogP contribution in [0.1, 0.15) is 25.6 Å². The summed E-state index contributed by atoms with van der Waals surface area (Å²) in [5.41, 5.74) is 0. The fourth-order valence-electron chi connectivity index (χ4n) is 2.00. The molecule has 5 heteroatoms. The minimum Gasteiger partial charge on any atom is -0.481 e. The van der Waals surface area contributed by atoms with Crippen molar-refractivity contribution in [2.45, 2.75) is 32.3 Å². The van der Waals surface area contributed by atoms with Crippen LogP contribution in [-0.2, 0) is 11.2 Å². The SMILES string of the molecule is CCC(Oc1ccccc1)C(=O)NCCCc1ncc[nH]1. The Morgan fingerprint density at radius 2 is 2.19 bits per heavy atom. The molecule has 0 radical (unpaired) electrons. The normalized spacial score (nSPS) is 11.9. The molecule has 2 rings (SSSR count). The molecule has 112 valence electrons. The van der Waals surface area contributed by atoms with E-state index in [4.69, 9.17) is 4.74 Å². The average molecular weight is 287 g/mol. The highest BCUT2D eigenvalue weighted by Crippen LogP contribution is 2.12. The van der Waals surface area contributed by atoms with Gasteiger partial charge in [-0.1, -0.05) is 25.1 Å². The summed E-state index contributed by atoms with van der Waals surface area (Å²) in [5, 5.41) is 2.91. The number of amides is 1. The highest BCUT2D eigenvalue weighted by Gasteiger charge is 2.17. The number of aromatic nitrogens is 2. The van der Waals surface area contributed by atoms with E-state index in [0.29, 0.717) is 13.0 Å². The lowest BCUT2D eigenvalue weighted by Gasteiger charge is -2.17. The molecule has 1 atom stereocenters. The monoisotopic (exact) mass is 287 g/mol. The van der Waals surface area contributed by atoms with Crippen molar-refractivity contribution in [3.05, 3.63) is 48.5 Å². The molecule has 0 spiro atoms. The van der Waals surface area contributed by atoms with Gasteiger partial charge in [0.25, 0.3) is 5.91 Å². The number of nitrogens with zero attached hydrogens (tertiary/aromatic N) is 1. The molecule has 21 heavy (non-hydrogen) atoms. The van der Waals surface area contributed by atoms with E-state index >= 15 is 0 Å². The first kappa shape index (κ1) is 15.1. The number of nitrogens with one attached hydrogen (secondary N) is 2. The first-order valence-corrected chi connectivity index (χ1v) is 7.27. The Labute approximate surface area is 124 Å². The van der Waals surface area contributed by atoms with Crippen LogP contribution in [0.25, 0.3) is 0 Å². The van der Waals surface area contributed by atoms with E-state index in [9.17, 15) is 4.79 Å². The second-order valence-corrected chi connectivity index (χ2v) is 4.76. The van der Waals surface area contributed by atoms with Crippen LogP contribution in [0.3, 0.4) is 0 Å². The maximum Gasteiger partial charge on any atom is 0.261 e. The molecule has 0 fully saturated rings. The van der Waals surface area contributed by atoms with Crippen LogP contribution in [0.4, 0.5) is 0 Å². The molecule has 5 nitrogen and oxygen atoms in total. The lowest BCUT2D eigenvalue weighted by atomic mass is 10.2. The number of imidazole rings is 1. The summed E-state index contributed by atoms with van der Waals surface area (Å²) >= 11 is 0. The van der Waals surface area contributed by atoms with Crippen LogP contribution < -0.4 is 10.1 Å². The fourth-order valence-corrected chi connectivity index (χ4v) is 2.00. The molecular weight excluding hydrogens is 266 g/mol. The van der Waals surface area contributed by atoms with E-state index in [1.54, 1.807) is 12.4 Å². The number of rotatable bonds is 8. The fraction of sp³-hybridized carbons (Fsp3) is 0.375. The molecule has 1 unspecified atom stereocenters. The van der Waals surface area contributed by atoms with Gasteiger partial charge < -0.3 is 15.0 Å². The highest BCUT2D eigenvalue weighted by molar-refractivity contribution is 5.81. The van der Waals surface area contributed by atoms with Crippen LogP contribution in [-0.4, -0.2) is 28.5 Å². The van der Waals surface area contributed by atoms with Gasteiger partial charge in [-0.05, 0) is 25.0 Å². The Morgan fingerprint density at radius 3 is 2.86 bits per heavy atom. The van der Waals surface area contributed by atoms with Gasteiger partial charge in [-0.15, -0.1) is 0 Å². The first-order chi connectivity index (χ1) is 10.3. The van der Waals surface area contributed by atoms with E-state index < -0.39 is 6.10 Å². The van der Waals surface area contributed by atoms with E-state index in [-0.39, 0.29) is 5.91 Å². The molecule has 1 amide bonds. The third kappa shape index (κ3) is 4.95. The summed E-state index contributed by atoms with van der Waals surface area (Å²) in [6.07, 6.45) is 5.39. The number of carbonyl (C=O) groups is 1. The predicted molar refractivity (Wildman–Crippen MR) is 81.1 cm³/mol. The molecule has 0 bridgehead atoms. The number of carbonyl (C=O) groups excluding carboxylic acids is 1. The van der Waals surface area contributed by atoms with E-state index in [2.05, 4.69) is 15.3 Å². The zero-order valence-electron chi connectivity index (χ0n) is 12.2. The van der Waals surface area contributed by atoms with Crippen molar-refractivity contribution in [1.29, 1.82) is 0 Å². The number of aryl methyl sites for hydroxylation is 1. The van der Waals surface area contributed by atoms with Crippen LogP contribution in [0.15, 0.2) is 42.7 Å². The molecule has 1 aromatic heterocycles. The Morgan fingerprint density at radius 1 is 1.38 bits per heavy atom. The second kappa shape index (κ2) is 8.09. The summed E-state index contributed by atoms with van der Waals surface area (Å²) in [7, 11) is 0. The van der Waals surface area contributed by atoms with Crippen molar-refractivity contribution in [3.63, 3.8) is 0 Å². The van der Waals surface area contributed by atoms with Gasteiger partial charge in [-0.25, -0.2) is 4.98 Å². The van der Waals surface area contributed by atoms with Crippen LogP contribution in [0.2, 0.25) is 0 Å². The van der Waals surface area contributed by atoms with Crippen molar-refractivity contribution >= 4 is 5.91 Å². The van der Waals surface area contributed by atoms with Gasteiger partial charge in [0, 0.05) is 25.4 Å². The quantitative estimate of drug-likeness (QED) is 0.732. The summed E-state index contributed by atoms with van der Waals surface area (Å²) in [6, 6.07) is 9.41. The van der Waals surface area contributed by atoms with Crippen molar-refractivity contribution in [1.82, 2.24) is 15.3 Å². The lowest BCUT2D eigenvalue weighted by molar-refractivity contribution is -0.128. The molecular formula is C16H21N3O2. The van der Waals surface area contributed by atoms with Gasteiger partial charge >= 0.3 is 0 Å². The van der Waals surface area contributed by atoms with Gasteiger partial charge in [0.1, 0.15) is 11.6 Å². The third-order valence-electron chi connectivity index (χ3n) is 3.13. The van der Waals surface area contributed by atoms with Crippen molar-refractivity contribution in [3.8, 4) is 5.75 Å². The highest BCUT2D eigenvalue weighted by atomic mass is 16.5. The van der Waals surface area contributed by atoms with Crippen molar-refractivity contribution in [2.24, 2.45) is 0 Å². The molecule has 0 saturated heterocycles. The molecule has 0 saturated carbocycles. The van der Waals surface area contributed by atoms with E-state index in [0.717, 1.165) is 24.4 Å². The number of ether oxygens (including phenoxy) is 1. The number of benzene rings is 1. The van der Waals surface area contributed by atoms with Crippen LogP contribution >= 0.6 is 0 Å². The summed E-state index contributed by atoms with van der Waals surface area (Å²) in [5.74, 6) is 1.59. The molecule has 2 aromatic rings. The molecule has 0 aliphatic rings. The Balaban J connectivity index is 1.72. The number of para-hydroxylation sites is 1. The smallest absolute Gasteiger partial charge is 0.261 e. The standard InChI is InChI=1S/C16H21N3O2/c1-2-14(21-13-7-4-3-5-8-13)16(20)19-10-6-9-15-17-11-12-18-15/h3-5,7-8,11-12,14H,2,6,9-10H2,1H3,(H,17,18)(H,19,20). The number of hydrogen-bond acceptors (Lipinski definition) is 3. The van der Waals surface area contributed by atoms with Gasteiger partial charge in [-0.2, -0.15) is 0 Å². The minimum atomic E-state index is -0.448. The van der Waals surface area contributed by atoms with Gasteiger partial charge in [0.05, 0.1) is 0 Å². The Bertz CT molecular complexity index is 526. The summed E-state index contributed by atoms with van der Waals surface area (Å²) in [4.78, 5) is 19.3. The maximum atomic E-state index is 12.1. The summed E-state index contributed by atoms with van der Waals surface area (Å²) in [6.45, 7) is 2.56. The number of aromatic amines is 1. The third-order valence-corrected chi connectivity index (χ3v) is 3.13. The molecule has 0 aliphatic heterocycles.